The van der Waals surface area contributed by atoms with Gasteiger partial charge in [-0.15, -0.1) is 0 Å². The third-order valence-corrected chi connectivity index (χ3v) is 7.80. The molecule has 2 atom stereocenters. The Morgan fingerprint density at radius 2 is 1.50 bits per heavy atom. The smallest absolute Gasteiger partial charge is 0.243 e. The molecule has 2 amide bonds. The molecule has 0 radical (unpaired) electrons. The van der Waals surface area contributed by atoms with Gasteiger partial charge >= 0.3 is 0 Å². The van der Waals surface area contributed by atoms with Gasteiger partial charge in [0.1, 0.15) is 6.04 Å². The van der Waals surface area contributed by atoms with Crippen LogP contribution < -0.4 is 10.6 Å². The van der Waals surface area contributed by atoms with E-state index < -0.39 is 0 Å². The highest BCUT2D eigenvalue weighted by Crippen LogP contribution is 2.23. The zero-order valence-corrected chi connectivity index (χ0v) is 21.7. The highest BCUT2D eigenvalue weighted by molar-refractivity contribution is 5.89. The first-order chi connectivity index (χ1) is 17.7. The lowest BCUT2D eigenvalue weighted by Gasteiger charge is -2.38. The Morgan fingerprint density at radius 3 is 2.08 bits per heavy atom. The van der Waals surface area contributed by atoms with Gasteiger partial charge in [0.05, 0.1) is 5.92 Å². The van der Waals surface area contributed by atoms with E-state index in [9.17, 15) is 9.59 Å². The van der Waals surface area contributed by atoms with Crippen molar-refractivity contribution < 1.29 is 9.59 Å². The minimum absolute atomic E-state index is 0.0136. The Labute approximate surface area is 217 Å². The summed E-state index contributed by atoms with van der Waals surface area (Å²) in [5.41, 5.74) is 2.69. The van der Waals surface area contributed by atoms with Gasteiger partial charge in [-0.05, 0) is 88.3 Å². The monoisotopic (exact) mass is 489 g/mol. The number of carbonyl (C=O) groups excluding carboxylic acids is 2. The maximum atomic E-state index is 13.6. The fourth-order valence-electron chi connectivity index (χ4n) is 5.75. The molecule has 0 bridgehead atoms. The summed E-state index contributed by atoms with van der Waals surface area (Å²) in [6.07, 6.45) is 10.8. The summed E-state index contributed by atoms with van der Waals surface area (Å²) >= 11 is 0. The maximum absolute atomic E-state index is 13.6. The second-order valence-electron chi connectivity index (χ2n) is 10.5. The normalized spacial score (nSPS) is 20.3. The number of hydrogen-bond donors (Lipinski definition) is 2. The molecule has 0 spiro atoms. The first-order valence-corrected chi connectivity index (χ1v) is 14.1. The Balaban J connectivity index is 1.35. The molecule has 0 saturated carbocycles. The predicted octanol–water partition coefficient (Wildman–Crippen LogP) is 4.90. The molecule has 2 aliphatic rings. The molecule has 2 unspecified atom stereocenters. The fourth-order valence-corrected chi connectivity index (χ4v) is 5.75. The first-order valence-electron chi connectivity index (χ1n) is 14.1. The number of hydrogen-bond acceptors (Lipinski definition) is 3. The van der Waals surface area contributed by atoms with E-state index in [1.54, 1.807) is 0 Å². The van der Waals surface area contributed by atoms with Gasteiger partial charge in [-0.25, -0.2) is 0 Å². The molecular weight excluding hydrogens is 446 g/mol. The molecule has 2 aromatic carbocycles. The number of benzene rings is 2. The van der Waals surface area contributed by atoms with Crippen molar-refractivity contribution in [2.75, 3.05) is 19.6 Å². The average molecular weight is 490 g/mol. The van der Waals surface area contributed by atoms with Crippen LogP contribution in [0.3, 0.4) is 0 Å². The van der Waals surface area contributed by atoms with Crippen molar-refractivity contribution in [2.24, 2.45) is 5.92 Å². The summed E-state index contributed by atoms with van der Waals surface area (Å²) in [7, 11) is 0. The second kappa shape index (κ2) is 14.2. The molecule has 194 valence electrons. The highest BCUT2D eigenvalue weighted by atomic mass is 16.2. The van der Waals surface area contributed by atoms with Crippen molar-refractivity contribution in [3.63, 3.8) is 0 Å². The molecular formula is C31H43N3O2. The fraction of sp³-hybridized carbons (Fsp3) is 0.548. The van der Waals surface area contributed by atoms with Crippen molar-refractivity contribution in [1.82, 2.24) is 15.5 Å². The van der Waals surface area contributed by atoms with Gasteiger partial charge in [-0.3, -0.25) is 9.59 Å². The third kappa shape index (κ3) is 7.92. The van der Waals surface area contributed by atoms with Crippen LogP contribution in [-0.4, -0.2) is 48.4 Å². The standard InChI is InChI=1S/C31H43N3O2/c35-30(29-21-7-8-23-34(29)31(36)27-18-11-22-32-24-27)33-28(19-9-16-25-12-3-1-4-13-25)20-10-17-26-14-5-2-6-15-26/h1-6,12-15,27-29,32H,7-11,16-24H2,(H,33,35). The van der Waals surface area contributed by atoms with Crippen molar-refractivity contribution in [1.29, 1.82) is 0 Å². The minimum Gasteiger partial charge on any atom is -0.352 e. The summed E-state index contributed by atoms with van der Waals surface area (Å²) in [5.74, 6) is 0.239. The summed E-state index contributed by atoms with van der Waals surface area (Å²) in [4.78, 5) is 28.8. The minimum atomic E-state index is -0.320. The number of piperidine rings is 2. The summed E-state index contributed by atoms with van der Waals surface area (Å²) in [6, 6.07) is 21.0. The highest BCUT2D eigenvalue weighted by Gasteiger charge is 2.36. The van der Waals surface area contributed by atoms with Crippen LogP contribution >= 0.6 is 0 Å². The van der Waals surface area contributed by atoms with E-state index in [1.165, 1.54) is 11.1 Å². The number of aryl methyl sites for hydroxylation is 2. The predicted molar refractivity (Wildman–Crippen MR) is 146 cm³/mol. The van der Waals surface area contributed by atoms with Crippen molar-refractivity contribution in [3.05, 3.63) is 71.8 Å². The van der Waals surface area contributed by atoms with Crippen LogP contribution in [0.4, 0.5) is 0 Å². The van der Waals surface area contributed by atoms with Crippen LogP contribution in [0.5, 0.6) is 0 Å². The maximum Gasteiger partial charge on any atom is 0.243 e. The number of rotatable bonds is 11. The van der Waals surface area contributed by atoms with Gasteiger partial charge in [-0.1, -0.05) is 60.7 Å². The molecule has 2 N–H and O–H groups in total. The molecule has 0 aliphatic carbocycles. The van der Waals surface area contributed by atoms with Crippen LogP contribution in [0, 0.1) is 5.92 Å². The summed E-state index contributed by atoms with van der Waals surface area (Å²) < 4.78 is 0. The molecule has 2 fully saturated rings. The molecule has 0 aromatic heterocycles. The van der Waals surface area contributed by atoms with E-state index in [4.69, 9.17) is 0 Å². The molecule has 4 rings (SSSR count). The molecule has 2 saturated heterocycles. The molecule has 5 nitrogen and oxygen atoms in total. The summed E-state index contributed by atoms with van der Waals surface area (Å²) in [6.45, 7) is 2.44. The second-order valence-corrected chi connectivity index (χ2v) is 10.5. The van der Waals surface area contributed by atoms with Gasteiger partial charge in [-0.2, -0.15) is 0 Å². The first kappa shape index (κ1) is 26.4. The molecule has 2 aromatic rings. The Hall–Kier alpha value is -2.66. The molecule has 2 heterocycles. The van der Waals surface area contributed by atoms with Gasteiger partial charge in [0.25, 0.3) is 0 Å². The Morgan fingerprint density at radius 1 is 0.861 bits per heavy atom. The topological polar surface area (TPSA) is 61.4 Å². The van der Waals surface area contributed by atoms with Crippen LogP contribution in [0.15, 0.2) is 60.7 Å². The molecule has 36 heavy (non-hydrogen) atoms. The van der Waals surface area contributed by atoms with Crippen molar-refractivity contribution in [2.45, 2.75) is 82.7 Å². The quantitative estimate of drug-likeness (QED) is 0.472. The lowest BCUT2D eigenvalue weighted by atomic mass is 9.93. The van der Waals surface area contributed by atoms with Gasteiger partial charge < -0.3 is 15.5 Å². The van der Waals surface area contributed by atoms with E-state index in [2.05, 4.69) is 71.3 Å². The summed E-state index contributed by atoms with van der Waals surface area (Å²) in [5, 5.41) is 6.75. The lowest BCUT2D eigenvalue weighted by molar-refractivity contribution is -0.146. The van der Waals surface area contributed by atoms with Gasteiger partial charge in [0, 0.05) is 19.1 Å². The number of likely N-dealkylation sites (tertiary alicyclic amines) is 1. The SMILES string of the molecule is O=C(NC(CCCc1ccccc1)CCCc1ccccc1)C1CCCCN1C(=O)C1CCCNC1. The van der Waals surface area contributed by atoms with Crippen LogP contribution in [0.1, 0.15) is 68.9 Å². The largest absolute Gasteiger partial charge is 0.352 e. The van der Waals surface area contributed by atoms with E-state index >= 15 is 0 Å². The van der Waals surface area contributed by atoms with Crippen molar-refractivity contribution in [3.8, 4) is 0 Å². The van der Waals surface area contributed by atoms with E-state index in [-0.39, 0.29) is 29.8 Å². The van der Waals surface area contributed by atoms with Crippen LogP contribution in [-0.2, 0) is 22.4 Å². The average Bonchev–Trinajstić information content (AvgIpc) is 2.94. The molecule has 5 heteroatoms. The Bertz CT molecular complexity index is 882. The van der Waals surface area contributed by atoms with Gasteiger partial charge in [0.15, 0.2) is 0 Å². The van der Waals surface area contributed by atoms with E-state index in [0.717, 1.165) is 83.7 Å². The van der Waals surface area contributed by atoms with Crippen LogP contribution in [0.2, 0.25) is 0 Å². The van der Waals surface area contributed by atoms with Crippen molar-refractivity contribution >= 4 is 11.8 Å². The van der Waals surface area contributed by atoms with E-state index in [0.29, 0.717) is 6.54 Å². The number of amides is 2. The number of carbonyl (C=O) groups is 2. The zero-order chi connectivity index (χ0) is 25.0. The number of nitrogens with zero attached hydrogens (tertiary/aromatic N) is 1. The molecule has 2 aliphatic heterocycles. The lowest BCUT2D eigenvalue weighted by Crippen LogP contribution is -2.56. The van der Waals surface area contributed by atoms with E-state index in [1.807, 2.05) is 4.90 Å². The zero-order valence-electron chi connectivity index (χ0n) is 21.7. The third-order valence-electron chi connectivity index (χ3n) is 7.80. The van der Waals surface area contributed by atoms with Gasteiger partial charge in [0.2, 0.25) is 11.8 Å². The Kier molecular flexibility index (Phi) is 10.4. The van der Waals surface area contributed by atoms with Crippen LogP contribution in [0.25, 0.3) is 0 Å². The number of nitrogens with one attached hydrogen (secondary N) is 2.